The number of ether oxygens (including phenoxy) is 1. The van der Waals surface area contributed by atoms with Crippen molar-refractivity contribution in [3.8, 4) is 0 Å². The zero-order chi connectivity index (χ0) is 10.5. The minimum Gasteiger partial charge on any atom is -0.375 e. The molecule has 0 aromatic rings. The fraction of sp³-hybridized carbons (Fsp3) is 0.818. The zero-order valence-corrected chi connectivity index (χ0v) is 9.79. The van der Waals surface area contributed by atoms with E-state index >= 15 is 0 Å². The molecule has 0 aliphatic carbocycles. The molecule has 0 aliphatic rings. The van der Waals surface area contributed by atoms with Crippen LogP contribution >= 0.6 is 0 Å². The number of likely N-dealkylation sites (N-methyl/N-ethyl adjacent to an activating group) is 1. The molecule has 0 fully saturated rings. The fourth-order valence-corrected chi connectivity index (χ4v) is 1.35. The molecule has 1 atom stereocenters. The molecule has 0 amide bonds. The summed E-state index contributed by atoms with van der Waals surface area (Å²) in [5.74, 6) is 0. The topological polar surface area (TPSA) is 12.5 Å². The van der Waals surface area contributed by atoms with Gasteiger partial charge in [0.25, 0.3) is 0 Å². The number of hydrogen-bond acceptors (Lipinski definition) is 2. The van der Waals surface area contributed by atoms with Crippen molar-refractivity contribution in [1.82, 2.24) is 4.90 Å². The lowest BCUT2D eigenvalue weighted by Crippen LogP contribution is -2.45. The van der Waals surface area contributed by atoms with Gasteiger partial charge in [-0.3, -0.25) is 0 Å². The lowest BCUT2D eigenvalue weighted by atomic mass is 9.99. The van der Waals surface area contributed by atoms with Gasteiger partial charge in [0.05, 0.1) is 11.6 Å². The van der Waals surface area contributed by atoms with Crippen molar-refractivity contribution in [2.45, 2.75) is 46.3 Å². The summed E-state index contributed by atoms with van der Waals surface area (Å²) in [4.78, 5) is 2.18. The molecular formula is C11H23NO. The zero-order valence-electron chi connectivity index (χ0n) is 9.79. The SMILES string of the molecule is C/C=C\N(C)C(C)C(C)(C)OCC. The highest BCUT2D eigenvalue weighted by atomic mass is 16.5. The smallest absolute Gasteiger partial charge is 0.0825 e. The van der Waals surface area contributed by atoms with Crippen molar-refractivity contribution in [2.24, 2.45) is 0 Å². The molecule has 0 saturated carbocycles. The van der Waals surface area contributed by atoms with E-state index in [0.29, 0.717) is 6.04 Å². The molecule has 13 heavy (non-hydrogen) atoms. The fourth-order valence-electron chi connectivity index (χ4n) is 1.35. The van der Waals surface area contributed by atoms with E-state index in [1.54, 1.807) is 0 Å². The Morgan fingerprint density at radius 2 is 2.00 bits per heavy atom. The van der Waals surface area contributed by atoms with E-state index < -0.39 is 0 Å². The minimum atomic E-state index is -0.0942. The Bertz CT molecular complexity index is 163. The second-order valence-electron chi connectivity index (χ2n) is 3.86. The van der Waals surface area contributed by atoms with Crippen molar-refractivity contribution >= 4 is 0 Å². The third-order valence-corrected chi connectivity index (χ3v) is 2.52. The maximum Gasteiger partial charge on any atom is 0.0825 e. The van der Waals surface area contributed by atoms with E-state index in [9.17, 15) is 0 Å². The predicted molar refractivity (Wildman–Crippen MR) is 57.7 cm³/mol. The van der Waals surface area contributed by atoms with Gasteiger partial charge in [-0.05, 0) is 40.8 Å². The van der Waals surface area contributed by atoms with Crippen molar-refractivity contribution in [3.63, 3.8) is 0 Å². The quantitative estimate of drug-likeness (QED) is 0.653. The summed E-state index contributed by atoms with van der Waals surface area (Å²) in [6.07, 6.45) is 4.12. The molecule has 0 rings (SSSR count). The van der Waals surface area contributed by atoms with Crippen LogP contribution in [0, 0.1) is 0 Å². The molecule has 78 valence electrons. The Labute approximate surface area is 82.6 Å². The van der Waals surface area contributed by atoms with Crippen molar-refractivity contribution in [2.75, 3.05) is 13.7 Å². The van der Waals surface area contributed by atoms with Crippen LogP contribution in [0.5, 0.6) is 0 Å². The van der Waals surface area contributed by atoms with Crippen LogP contribution in [-0.2, 0) is 4.74 Å². The van der Waals surface area contributed by atoms with Crippen molar-refractivity contribution in [1.29, 1.82) is 0 Å². The number of nitrogens with zero attached hydrogens (tertiary/aromatic N) is 1. The number of allylic oxidation sites excluding steroid dienone is 1. The van der Waals surface area contributed by atoms with Gasteiger partial charge in [-0.15, -0.1) is 0 Å². The molecule has 0 aliphatic heterocycles. The summed E-state index contributed by atoms with van der Waals surface area (Å²) in [5, 5.41) is 0. The highest BCUT2D eigenvalue weighted by Gasteiger charge is 2.27. The summed E-state index contributed by atoms with van der Waals surface area (Å²) >= 11 is 0. The Balaban J connectivity index is 4.29. The van der Waals surface area contributed by atoms with Crippen molar-refractivity contribution in [3.05, 3.63) is 12.3 Å². The predicted octanol–water partition coefficient (Wildman–Crippen LogP) is 2.66. The largest absolute Gasteiger partial charge is 0.375 e. The van der Waals surface area contributed by atoms with Crippen LogP contribution in [0.1, 0.15) is 34.6 Å². The van der Waals surface area contributed by atoms with Gasteiger partial charge in [-0.25, -0.2) is 0 Å². The highest BCUT2D eigenvalue weighted by molar-refractivity contribution is 4.89. The van der Waals surface area contributed by atoms with Crippen LogP contribution in [0.3, 0.4) is 0 Å². The van der Waals surface area contributed by atoms with Gasteiger partial charge in [0.2, 0.25) is 0 Å². The lowest BCUT2D eigenvalue weighted by Gasteiger charge is -2.37. The maximum atomic E-state index is 5.68. The molecule has 2 nitrogen and oxygen atoms in total. The maximum absolute atomic E-state index is 5.68. The van der Waals surface area contributed by atoms with Gasteiger partial charge in [0, 0.05) is 13.7 Å². The monoisotopic (exact) mass is 185 g/mol. The molecule has 0 saturated heterocycles. The Kier molecular flexibility index (Phi) is 5.07. The first-order valence-electron chi connectivity index (χ1n) is 4.94. The molecule has 0 aromatic heterocycles. The summed E-state index contributed by atoms with van der Waals surface area (Å²) < 4.78 is 5.68. The molecule has 0 N–H and O–H groups in total. The second-order valence-corrected chi connectivity index (χ2v) is 3.86. The van der Waals surface area contributed by atoms with Crippen molar-refractivity contribution < 1.29 is 4.74 Å². The van der Waals surface area contributed by atoms with Gasteiger partial charge >= 0.3 is 0 Å². The first-order valence-corrected chi connectivity index (χ1v) is 4.94. The molecule has 0 heterocycles. The summed E-state index contributed by atoms with van der Waals surface area (Å²) in [7, 11) is 2.07. The third kappa shape index (κ3) is 3.81. The van der Waals surface area contributed by atoms with Crippen LogP contribution in [-0.4, -0.2) is 30.2 Å². The molecule has 0 aromatic carbocycles. The second kappa shape index (κ2) is 5.28. The lowest BCUT2D eigenvalue weighted by molar-refractivity contribution is -0.0540. The normalized spacial score (nSPS) is 14.9. The minimum absolute atomic E-state index is 0.0942. The molecule has 0 spiro atoms. The van der Waals surface area contributed by atoms with Gasteiger partial charge in [-0.2, -0.15) is 0 Å². The molecule has 1 unspecified atom stereocenters. The van der Waals surface area contributed by atoms with Gasteiger partial charge in [0.15, 0.2) is 0 Å². The Morgan fingerprint density at radius 3 is 2.38 bits per heavy atom. The first kappa shape index (κ1) is 12.5. The molecule has 0 bridgehead atoms. The Morgan fingerprint density at radius 1 is 1.46 bits per heavy atom. The standard InChI is InChI=1S/C11H23NO/c1-7-9-12(6)10(3)11(4,5)13-8-2/h7,9-10H,8H2,1-6H3/b9-7-. The van der Waals surface area contributed by atoms with E-state index in [0.717, 1.165) is 6.61 Å². The van der Waals surface area contributed by atoms with Crippen LogP contribution in [0.4, 0.5) is 0 Å². The van der Waals surface area contributed by atoms with Crippen LogP contribution in [0.15, 0.2) is 12.3 Å². The van der Waals surface area contributed by atoms with E-state index in [4.69, 9.17) is 4.74 Å². The summed E-state index contributed by atoms with van der Waals surface area (Å²) in [6, 6.07) is 0.378. The molecule has 2 heteroatoms. The van der Waals surface area contributed by atoms with E-state index in [1.165, 1.54) is 0 Å². The van der Waals surface area contributed by atoms with Gasteiger partial charge < -0.3 is 9.64 Å². The van der Waals surface area contributed by atoms with E-state index in [2.05, 4.69) is 38.9 Å². The average molecular weight is 185 g/mol. The van der Waals surface area contributed by atoms with E-state index in [1.807, 2.05) is 19.9 Å². The first-order chi connectivity index (χ1) is 5.95. The highest BCUT2D eigenvalue weighted by Crippen LogP contribution is 2.19. The van der Waals surface area contributed by atoms with Crippen LogP contribution < -0.4 is 0 Å². The summed E-state index contributed by atoms with van der Waals surface area (Å²) in [5.41, 5.74) is -0.0942. The average Bonchev–Trinajstić information content (AvgIpc) is 2.03. The van der Waals surface area contributed by atoms with Gasteiger partial charge in [-0.1, -0.05) is 6.08 Å². The third-order valence-electron chi connectivity index (χ3n) is 2.52. The van der Waals surface area contributed by atoms with Crippen LogP contribution in [0.2, 0.25) is 0 Å². The number of rotatable bonds is 5. The van der Waals surface area contributed by atoms with Crippen LogP contribution in [0.25, 0.3) is 0 Å². The van der Waals surface area contributed by atoms with E-state index in [-0.39, 0.29) is 5.60 Å². The molecular weight excluding hydrogens is 162 g/mol. The number of hydrogen-bond donors (Lipinski definition) is 0. The Hall–Kier alpha value is -0.500. The summed E-state index contributed by atoms with van der Waals surface area (Å²) in [6.45, 7) is 11.3. The van der Waals surface area contributed by atoms with Gasteiger partial charge in [0.1, 0.15) is 0 Å². The molecule has 0 radical (unpaired) electrons.